The number of H-pyrrole nitrogens is 1. The van der Waals surface area contributed by atoms with E-state index in [0.29, 0.717) is 40.0 Å². The topological polar surface area (TPSA) is 277 Å². The molecule has 7 amide bonds. The lowest BCUT2D eigenvalue weighted by Crippen LogP contribution is -2.60. The van der Waals surface area contributed by atoms with Gasteiger partial charge in [-0.05, 0) is 57.4 Å². The fourth-order valence-electron chi connectivity index (χ4n) is 6.43. The molecule has 5 rings (SSSR count). The van der Waals surface area contributed by atoms with Crippen LogP contribution in [0.1, 0.15) is 45.6 Å². The lowest BCUT2D eigenvalue weighted by atomic mass is 9.96. The van der Waals surface area contributed by atoms with Gasteiger partial charge in [0.1, 0.15) is 36.3 Å². The van der Waals surface area contributed by atoms with E-state index in [0.717, 1.165) is 11.8 Å². The number of nitrogens with two attached hydrogens (primary N) is 1. The zero-order chi connectivity index (χ0) is 37.9. The maximum Gasteiger partial charge on any atom is 0.246 e. The van der Waals surface area contributed by atoms with Crippen LogP contribution in [0.15, 0.2) is 23.2 Å². The fraction of sp³-hybridized carbons (Fsp3) is 0.545. The second-order valence-electron chi connectivity index (χ2n) is 13.7. The van der Waals surface area contributed by atoms with E-state index in [1.165, 1.54) is 25.7 Å². The van der Waals surface area contributed by atoms with E-state index in [2.05, 4.69) is 36.9 Å². The molecule has 52 heavy (non-hydrogen) atoms. The highest BCUT2D eigenvalue weighted by Gasteiger charge is 2.40. The Bertz CT molecular complexity index is 1760. The quantitative estimate of drug-likeness (QED) is 0.143. The van der Waals surface area contributed by atoms with E-state index in [9.17, 15) is 43.8 Å². The molecular weight excluding hydrogens is 698 g/mol. The maximum atomic E-state index is 14.2. The largest absolute Gasteiger partial charge is 0.399 e. The predicted molar refractivity (Wildman–Crippen MR) is 188 cm³/mol. The first-order valence-corrected chi connectivity index (χ1v) is 18.0. The van der Waals surface area contributed by atoms with Gasteiger partial charge in [0.05, 0.1) is 23.8 Å². The summed E-state index contributed by atoms with van der Waals surface area (Å²) in [4.78, 5) is 99.8. The third-order valence-electron chi connectivity index (χ3n) is 9.34. The number of anilines is 1. The number of thioether (sulfide) groups is 1. The van der Waals surface area contributed by atoms with Gasteiger partial charge >= 0.3 is 0 Å². The highest BCUT2D eigenvalue weighted by atomic mass is 32.2. The second-order valence-corrected chi connectivity index (χ2v) is 14.8. The van der Waals surface area contributed by atoms with E-state index < -0.39 is 103 Å². The Balaban J connectivity index is 1.65. The molecule has 1 aromatic carbocycles. The van der Waals surface area contributed by atoms with Crippen molar-refractivity contribution >= 4 is 69.7 Å². The highest BCUT2D eigenvalue weighted by molar-refractivity contribution is 7.99. The summed E-state index contributed by atoms with van der Waals surface area (Å²) >= 11 is 1.16. The van der Waals surface area contributed by atoms with Gasteiger partial charge in [0.2, 0.25) is 41.4 Å². The van der Waals surface area contributed by atoms with Crippen LogP contribution in [0, 0.1) is 0 Å². The van der Waals surface area contributed by atoms with Gasteiger partial charge in [-0.1, -0.05) is 0 Å². The Labute approximate surface area is 303 Å². The molecule has 0 saturated carbocycles. The van der Waals surface area contributed by atoms with Crippen molar-refractivity contribution in [2.45, 2.75) is 93.3 Å². The van der Waals surface area contributed by atoms with Crippen molar-refractivity contribution in [3.63, 3.8) is 0 Å². The van der Waals surface area contributed by atoms with Crippen LogP contribution < -0.4 is 37.6 Å². The van der Waals surface area contributed by atoms with Gasteiger partial charge in [0, 0.05) is 41.7 Å². The van der Waals surface area contributed by atoms with Crippen LogP contribution in [-0.2, 0) is 40.0 Å². The molecule has 11 N–H and O–H groups in total. The predicted octanol–water partition coefficient (Wildman–Crippen LogP) is -2.88. The number of rotatable bonds is 3. The van der Waals surface area contributed by atoms with E-state index in [1.807, 2.05) is 0 Å². The number of nitrogens with one attached hydrogen (secondary N) is 7. The van der Waals surface area contributed by atoms with E-state index in [4.69, 9.17) is 5.73 Å². The number of nitrogens with zero attached hydrogens (tertiary/aromatic N) is 1. The van der Waals surface area contributed by atoms with Crippen molar-refractivity contribution in [2.75, 3.05) is 31.2 Å². The van der Waals surface area contributed by atoms with Gasteiger partial charge < -0.3 is 57.7 Å². The summed E-state index contributed by atoms with van der Waals surface area (Å²) in [7, 11) is 0. The van der Waals surface area contributed by atoms with E-state index in [-0.39, 0.29) is 18.7 Å². The van der Waals surface area contributed by atoms with Crippen LogP contribution in [0.2, 0.25) is 0 Å². The molecule has 2 aromatic rings. The minimum absolute atomic E-state index is 0.0247. The number of hydrogen-bond acceptors (Lipinski definition) is 11. The fourth-order valence-corrected chi connectivity index (χ4v) is 7.54. The molecule has 1 aromatic heterocycles. The zero-order valence-corrected chi connectivity index (χ0v) is 29.9. The monoisotopic (exact) mass is 743 g/mol. The van der Waals surface area contributed by atoms with Crippen molar-refractivity contribution in [1.82, 2.24) is 41.8 Å². The van der Waals surface area contributed by atoms with E-state index in [1.54, 1.807) is 18.2 Å². The number of hydrogen-bond donors (Lipinski definition) is 10. The number of carbonyl (C=O) groups is 7. The summed E-state index contributed by atoms with van der Waals surface area (Å²) in [5, 5.41) is 37.1. The molecule has 3 aliphatic rings. The third kappa shape index (κ3) is 8.76. The molecule has 0 spiro atoms. The summed E-state index contributed by atoms with van der Waals surface area (Å²) in [5.41, 5.74) is 5.87. The van der Waals surface area contributed by atoms with Crippen molar-refractivity contribution in [3.05, 3.63) is 23.8 Å². The number of aliphatic hydroxyl groups is 2. The summed E-state index contributed by atoms with van der Waals surface area (Å²) in [5.74, 6) is -5.10. The molecular formula is C33H45N9O9S. The second kappa shape index (κ2) is 15.8. The molecule has 18 nitrogen and oxygen atoms in total. The van der Waals surface area contributed by atoms with Crippen LogP contribution in [0.3, 0.4) is 0 Å². The number of benzene rings is 1. The number of nitrogen functional groups attached to an aromatic ring is 1. The van der Waals surface area contributed by atoms with E-state index >= 15 is 0 Å². The summed E-state index contributed by atoms with van der Waals surface area (Å²) in [6, 6.07) is -2.30. The number of carbonyl (C=O) groups excluding carboxylic acids is 7. The SMILES string of the molecule is C[C@@H]1NC(=O)[C@H](C[C@@](C)(O)CO)NC(=O)[C@@H]2Cc3c([nH]c4ccc(N)cc34)SC[C@@H](NC(=O)CNC1=O)C(=O)N1CCC[C@H]1C(=O)N[C@@H](C)C(=O)N2. The number of aliphatic hydroxyl groups excluding tert-OH is 1. The lowest BCUT2D eigenvalue weighted by Gasteiger charge is -2.29. The molecule has 3 aliphatic heterocycles. The summed E-state index contributed by atoms with van der Waals surface area (Å²) in [6.45, 7) is 2.93. The Morgan fingerprint density at radius 1 is 0.904 bits per heavy atom. The first-order valence-electron chi connectivity index (χ1n) is 17.0. The first kappa shape index (κ1) is 38.4. The van der Waals surface area contributed by atoms with Crippen LogP contribution in [-0.4, -0.2) is 129 Å². The zero-order valence-electron chi connectivity index (χ0n) is 29.0. The van der Waals surface area contributed by atoms with Crippen LogP contribution in [0.4, 0.5) is 5.69 Å². The van der Waals surface area contributed by atoms with Gasteiger partial charge in [0.25, 0.3) is 0 Å². The normalized spacial score (nSPS) is 28.3. The average Bonchev–Trinajstić information content (AvgIpc) is 3.72. The Morgan fingerprint density at radius 2 is 1.62 bits per heavy atom. The van der Waals surface area contributed by atoms with Gasteiger partial charge in [-0.15, -0.1) is 11.8 Å². The average molecular weight is 744 g/mol. The molecule has 0 aliphatic carbocycles. The van der Waals surface area contributed by atoms with Crippen molar-refractivity contribution < 1.29 is 43.8 Å². The lowest BCUT2D eigenvalue weighted by molar-refractivity contribution is -0.141. The molecule has 1 fully saturated rings. The van der Waals surface area contributed by atoms with Gasteiger partial charge in [-0.2, -0.15) is 0 Å². The Hall–Kier alpha value is -4.88. The van der Waals surface area contributed by atoms with Crippen LogP contribution in [0.5, 0.6) is 0 Å². The van der Waals surface area contributed by atoms with Gasteiger partial charge in [-0.3, -0.25) is 33.6 Å². The number of fused-ring (bicyclic) bond motifs is 5. The van der Waals surface area contributed by atoms with Crippen LogP contribution in [0.25, 0.3) is 10.9 Å². The molecule has 0 unspecified atom stereocenters. The molecule has 1 saturated heterocycles. The van der Waals surface area contributed by atoms with Crippen LogP contribution >= 0.6 is 11.8 Å². The van der Waals surface area contributed by atoms with Crippen molar-refractivity contribution in [2.24, 2.45) is 0 Å². The molecule has 4 heterocycles. The Morgan fingerprint density at radius 3 is 2.35 bits per heavy atom. The standard InChI is InChI=1S/C33H45N9O9S/c1-15-26(45)35-12-25(44)38-23-13-52-31-19(18-9-17(34)6-7-20(18)41-31)10-21(28(47)40-22(29(48)36-15)11-33(3,51)14-43)39-27(46)16(2)37-30(49)24-5-4-8-42(24)32(23)50/h6-7,9,15-16,21-24,41,43,51H,4-5,8,10-14,34H2,1-3H3,(H,35,45)(H,36,48)(H,37,49)(H,38,44)(H,39,46)(H,40,47)/t15-,16-,21-,22-,23+,24-,33+/m0/s1. The molecule has 0 radical (unpaired) electrons. The molecule has 282 valence electrons. The number of aromatic amines is 1. The summed E-state index contributed by atoms with van der Waals surface area (Å²) in [6.07, 6.45) is 0.153. The summed E-state index contributed by atoms with van der Waals surface area (Å²) < 4.78 is 0. The third-order valence-corrected chi connectivity index (χ3v) is 10.5. The smallest absolute Gasteiger partial charge is 0.246 e. The molecule has 2 bridgehead atoms. The minimum Gasteiger partial charge on any atom is -0.399 e. The Kier molecular flexibility index (Phi) is 11.6. The number of amides is 7. The molecule has 19 heteroatoms. The minimum atomic E-state index is -1.85. The van der Waals surface area contributed by atoms with Gasteiger partial charge in [-0.25, -0.2) is 0 Å². The number of aromatic nitrogens is 1. The van der Waals surface area contributed by atoms with Crippen molar-refractivity contribution in [1.29, 1.82) is 0 Å². The maximum absolute atomic E-state index is 14.2. The van der Waals surface area contributed by atoms with Crippen molar-refractivity contribution in [3.8, 4) is 0 Å². The van der Waals surface area contributed by atoms with Gasteiger partial charge in [0.15, 0.2) is 0 Å². The molecule has 7 atom stereocenters. The first-order chi connectivity index (χ1) is 24.6. The highest BCUT2D eigenvalue weighted by Crippen LogP contribution is 2.33.